The minimum absolute atomic E-state index is 0.0203. The van der Waals surface area contributed by atoms with E-state index in [4.69, 9.17) is 5.73 Å². The molecular weight excluding hydrogens is 200 g/mol. The quantitative estimate of drug-likeness (QED) is 0.820. The minimum atomic E-state index is -0.0203. The first-order valence-electron chi connectivity index (χ1n) is 5.66. The van der Waals surface area contributed by atoms with Crippen molar-refractivity contribution in [2.24, 2.45) is 5.73 Å². The second-order valence-corrected chi connectivity index (χ2v) is 4.69. The van der Waals surface area contributed by atoms with Crippen LogP contribution in [0.25, 0.3) is 0 Å². The van der Waals surface area contributed by atoms with Crippen LogP contribution < -0.4 is 10.6 Å². The van der Waals surface area contributed by atoms with Gasteiger partial charge in [0.15, 0.2) is 0 Å². The number of hydrogen-bond donors (Lipinski definition) is 1. The summed E-state index contributed by atoms with van der Waals surface area (Å²) in [6.07, 6.45) is 0.859. The first-order chi connectivity index (χ1) is 7.50. The van der Waals surface area contributed by atoms with Crippen molar-refractivity contribution in [2.45, 2.75) is 32.2 Å². The zero-order valence-electron chi connectivity index (χ0n) is 10.0. The maximum Gasteiger partial charge on any atom is 0.234 e. The predicted octanol–water partition coefficient (Wildman–Crippen LogP) is 1.66. The standard InChI is InChI=1S/C13H18N2O/c1-8(14)6-10-4-5-12-11(7-10)9(2)13(16)15(12)3/h4-5,7-9H,6,14H2,1-3H3. The molecule has 1 aromatic rings. The fourth-order valence-electron chi connectivity index (χ4n) is 2.30. The normalized spacial score (nSPS) is 21.1. The van der Waals surface area contributed by atoms with Crippen LogP contribution >= 0.6 is 0 Å². The fraction of sp³-hybridized carbons (Fsp3) is 0.462. The highest BCUT2D eigenvalue weighted by Gasteiger charge is 2.31. The van der Waals surface area contributed by atoms with Gasteiger partial charge >= 0.3 is 0 Å². The maximum atomic E-state index is 11.8. The van der Waals surface area contributed by atoms with Gasteiger partial charge in [0.05, 0.1) is 5.92 Å². The molecule has 1 heterocycles. The summed E-state index contributed by atoms with van der Waals surface area (Å²) in [6.45, 7) is 3.95. The number of fused-ring (bicyclic) bond motifs is 1. The van der Waals surface area contributed by atoms with E-state index in [1.165, 1.54) is 5.56 Å². The molecule has 0 spiro atoms. The predicted molar refractivity (Wildman–Crippen MR) is 65.6 cm³/mol. The highest BCUT2D eigenvalue weighted by atomic mass is 16.2. The average Bonchev–Trinajstić information content (AvgIpc) is 2.43. The number of hydrogen-bond acceptors (Lipinski definition) is 2. The number of carbonyl (C=O) groups excluding carboxylic acids is 1. The second-order valence-electron chi connectivity index (χ2n) is 4.69. The molecule has 3 nitrogen and oxygen atoms in total. The lowest BCUT2D eigenvalue weighted by Gasteiger charge is -2.11. The van der Waals surface area contributed by atoms with Gasteiger partial charge in [-0.2, -0.15) is 0 Å². The van der Waals surface area contributed by atoms with Gasteiger partial charge in [-0.05, 0) is 37.5 Å². The van der Waals surface area contributed by atoms with Gasteiger partial charge < -0.3 is 10.6 Å². The van der Waals surface area contributed by atoms with Crippen molar-refractivity contribution in [3.05, 3.63) is 29.3 Å². The smallest absolute Gasteiger partial charge is 0.234 e. The van der Waals surface area contributed by atoms with Crippen molar-refractivity contribution in [1.82, 2.24) is 0 Å². The molecule has 2 N–H and O–H groups in total. The Kier molecular flexibility index (Phi) is 2.72. The highest BCUT2D eigenvalue weighted by Crippen LogP contribution is 2.36. The SMILES string of the molecule is CC(N)Cc1ccc2c(c1)C(C)C(=O)N2C. The Hall–Kier alpha value is -1.35. The van der Waals surface area contributed by atoms with Gasteiger partial charge in [-0.25, -0.2) is 0 Å². The van der Waals surface area contributed by atoms with Crippen LogP contribution in [0.4, 0.5) is 5.69 Å². The largest absolute Gasteiger partial charge is 0.328 e. The molecular formula is C13H18N2O. The zero-order valence-corrected chi connectivity index (χ0v) is 10.0. The Labute approximate surface area is 96.2 Å². The van der Waals surface area contributed by atoms with Crippen molar-refractivity contribution in [2.75, 3.05) is 11.9 Å². The van der Waals surface area contributed by atoms with Gasteiger partial charge in [-0.1, -0.05) is 12.1 Å². The van der Waals surface area contributed by atoms with Crippen molar-refractivity contribution >= 4 is 11.6 Å². The van der Waals surface area contributed by atoms with Gasteiger partial charge in [0.2, 0.25) is 5.91 Å². The molecule has 1 aliphatic rings. The molecule has 1 amide bonds. The third-order valence-electron chi connectivity index (χ3n) is 3.18. The maximum absolute atomic E-state index is 11.8. The Bertz CT molecular complexity index is 426. The molecule has 0 aromatic heterocycles. The highest BCUT2D eigenvalue weighted by molar-refractivity contribution is 6.04. The summed E-state index contributed by atoms with van der Waals surface area (Å²) in [7, 11) is 1.83. The summed E-state index contributed by atoms with van der Waals surface area (Å²) in [6, 6.07) is 6.35. The first kappa shape index (κ1) is 11.1. The van der Waals surface area contributed by atoms with Crippen LogP contribution in [0.15, 0.2) is 18.2 Å². The molecule has 2 rings (SSSR count). The Morgan fingerprint density at radius 3 is 2.81 bits per heavy atom. The summed E-state index contributed by atoms with van der Waals surface area (Å²) < 4.78 is 0. The van der Waals surface area contributed by atoms with Crippen molar-refractivity contribution in [1.29, 1.82) is 0 Å². The summed E-state index contributed by atoms with van der Waals surface area (Å²) >= 11 is 0. The van der Waals surface area contributed by atoms with Crippen LogP contribution in [0.2, 0.25) is 0 Å². The van der Waals surface area contributed by atoms with Crippen LogP contribution in [0, 0.1) is 0 Å². The number of carbonyl (C=O) groups is 1. The van der Waals surface area contributed by atoms with Gasteiger partial charge in [0.25, 0.3) is 0 Å². The number of nitrogens with two attached hydrogens (primary N) is 1. The molecule has 0 saturated heterocycles. The van der Waals surface area contributed by atoms with Gasteiger partial charge in [0, 0.05) is 18.8 Å². The molecule has 1 aromatic carbocycles. The van der Waals surface area contributed by atoms with E-state index in [-0.39, 0.29) is 17.9 Å². The van der Waals surface area contributed by atoms with Crippen LogP contribution in [0.5, 0.6) is 0 Å². The Morgan fingerprint density at radius 1 is 1.50 bits per heavy atom. The van der Waals surface area contributed by atoms with Gasteiger partial charge in [-0.15, -0.1) is 0 Å². The Balaban J connectivity index is 2.37. The van der Waals surface area contributed by atoms with E-state index in [0.29, 0.717) is 0 Å². The molecule has 0 radical (unpaired) electrons. The first-order valence-corrected chi connectivity index (χ1v) is 5.66. The number of rotatable bonds is 2. The number of nitrogens with zero attached hydrogens (tertiary/aromatic N) is 1. The van der Waals surface area contributed by atoms with Crippen molar-refractivity contribution < 1.29 is 4.79 Å². The fourth-order valence-corrected chi connectivity index (χ4v) is 2.30. The van der Waals surface area contributed by atoms with Gasteiger partial charge in [0.1, 0.15) is 0 Å². The Morgan fingerprint density at radius 2 is 2.19 bits per heavy atom. The molecule has 2 atom stereocenters. The number of amides is 1. The molecule has 0 bridgehead atoms. The van der Waals surface area contributed by atoms with Crippen LogP contribution in [-0.2, 0) is 11.2 Å². The molecule has 0 aliphatic carbocycles. The van der Waals surface area contributed by atoms with E-state index >= 15 is 0 Å². The summed E-state index contributed by atoms with van der Waals surface area (Å²) in [4.78, 5) is 13.5. The number of benzene rings is 1. The second kappa shape index (κ2) is 3.91. The number of likely N-dealkylation sites (N-methyl/N-ethyl adjacent to an activating group) is 1. The molecule has 0 fully saturated rings. The third kappa shape index (κ3) is 1.71. The van der Waals surface area contributed by atoms with Crippen LogP contribution in [0.3, 0.4) is 0 Å². The molecule has 16 heavy (non-hydrogen) atoms. The number of anilines is 1. The van der Waals surface area contributed by atoms with E-state index in [0.717, 1.165) is 17.7 Å². The molecule has 0 saturated carbocycles. The van der Waals surface area contributed by atoms with E-state index in [1.807, 2.05) is 27.0 Å². The molecule has 1 aliphatic heterocycles. The lowest BCUT2D eigenvalue weighted by Crippen LogP contribution is -2.22. The molecule has 2 unspecified atom stereocenters. The van der Waals surface area contributed by atoms with Crippen LogP contribution in [0.1, 0.15) is 30.9 Å². The van der Waals surface area contributed by atoms with E-state index in [1.54, 1.807) is 4.90 Å². The monoisotopic (exact) mass is 218 g/mol. The topological polar surface area (TPSA) is 46.3 Å². The zero-order chi connectivity index (χ0) is 11.9. The lowest BCUT2D eigenvalue weighted by atomic mass is 9.98. The van der Waals surface area contributed by atoms with E-state index in [9.17, 15) is 4.79 Å². The van der Waals surface area contributed by atoms with E-state index < -0.39 is 0 Å². The summed E-state index contributed by atoms with van der Waals surface area (Å²) in [5.74, 6) is 0.154. The average molecular weight is 218 g/mol. The molecule has 3 heteroatoms. The third-order valence-corrected chi connectivity index (χ3v) is 3.18. The van der Waals surface area contributed by atoms with E-state index in [2.05, 4.69) is 12.1 Å². The summed E-state index contributed by atoms with van der Waals surface area (Å²) in [5.41, 5.74) is 9.16. The van der Waals surface area contributed by atoms with Gasteiger partial charge in [-0.3, -0.25) is 4.79 Å². The van der Waals surface area contributed by atoms with Crippen LogP contribution in [-0.4, -0.2) is 19.0 Å². The summed E-state index contributed by atoms with van der Waals surface area (Å²) in [5, 5.41) is 0. The minimum Gasteiger partial charge on any atom is -0.328 e. The molecule has 86 valence electrons. The van der Waals surface area contributed by atoms with Crippen molar-refractivity contribution in [3.63, 3.8) is 0 Å². The van der Waals surface area contributed by atoms with Crippen molar-refractivity contribution in [3.8, 4) is 0 Å². The lowest BCUT2D eigenvalue weighted by molar-refractivity contribution is -0.118.